The number of anilines is 1. The third kappa shape index (κ3) is 4.29. The van der Waals surface area contributed by atoms with Gasteiger partial charge < -0.3 is 11.1 Å². The molecule has 0 bridgehead atoms. The fraction of sp³-hybridized carbons (Fsp3) is 0.375. The molecule has 112 valence electrons. The molecule has 0 aliphatic heterocycles. The number of nitrogen functional groups attached to an aromatic ring is 1. The number of hydrogen-bond acceptors (Lipinski definition) is 4. The zero-order chi connectivity index (χ0) is 15.4. The molecular formula is C16H21N3OS. The lowest BCUT2D eigenvalue weighted by atomic mass is 10.1. The number of rotatable bonds is 5. The number of amides is 1. The highest BCUT2D eigenvalue weighted by molar-refractivity contribution is 7.11. The van der Waals surface area contributed by atoms with Crippen molar-refractivity contribution < 1.29 is 4.79 Å². The number of aromatic nitrogens is 1. The van der Waals surface area contributed by atoms with E-state index in [1.54, 1.807) is 11.3 Å². The van der Waals surface area contributed by atoms with Crippen LogP contribution in [0.2, 0.25) is 0 Å². The van der Waals surface area contributed by atoms with Gasteiger partial charge in [0.25, 0.3) is 0 Å². The minimum absolute atomic E-state index is 0.00421. The molecule has 3 N–H and O–H groups in total. The number of aryl methyl sites for hydroxylation is 3. The predicted octanol–water partition coefficient (Wildman–Crippen LogP) is 3.15. The molecule has 1 atom stereocenters. The van der Waals surface area contributed by atoms with Crippen LogP contribution in [0.5, 0.6) is 0 Å². The smallest absolute Gasteiger partial charge is 0.220 e. The van der Waals surface area contributed by atoms with Crippen molar-refractivity contribution in [3.8, 4) is 0 Å². The quantitative estimate of drug-likeness (QED) is 0.834. The van der Waals surface area contributed by atoms with Crippen LogP contribution in [0.3, 0.4) is 0 Å². The second kappa shape index (κ2) is 6.72. The van der Waals surface area contributed by atoms with E-state index in [9.17, 15) is 4.79 Å². The number of hydrogen-bond donors (Lipinski definition) is 2. The van der Waals surface area contributed by atoms with Gasteiger partial charge >= 0.3 is 0 Å². The number of nitrogens with one attached hydrogen (secondary N) is 1. The molecule has 21 heavy (non-hydrogen) atoms. The zero-order valence-corrected chi connectivity index (χ0v) is 13.5. The normalized spacial score (nSPS) is 12.1. The SMILES string of the molecule is Cc1nc(C)c(C(C)NC(=O)CCc2cccc(N)c2)s1. The van der Waals surface area contributed by atoms with Crippen LogP contribution in [0.25, 0.3) is 0 Å². The van der Waals surface area contributed by atoms with Gasteiger partial charge in [-0.15, -0.1) is 11.3 Å². The monoisotopic (exact) mass is 303 g/mol. The van der Waals surface area contributed by atoms with Gasteiger partial charge in [-0.2, -0.15) is 0 Å². The molecule has 1 amide bonds. The molecular weight excluding hydrogens is 282 g/mol. The Hall–Kier alpha value is -1.88. The Labute approximate surface area is 129 Å². The van der Waals surface area contributed by atoms with Crippen molar-refractivity contribution in [2.75, 3.05) is 5.73 Å². The van der Waals surface area contributed by atoms with Gasteiger partial charge in [-0.1, -0.05) is 12.1 Å². The largest absolute Gasteiger partial charge is 0.399 e. The van der Waals surface area contributed by atoms with Crippen molar-refractivity contribution in [1.82, 2.24) is 10.3 Å². The van der Waals surface area contributed by atoms with Crippen LogP contribution >= 0.6 is 11.3 Å². The number of carbonyl (C=O) groups is 1. The number of benzene rings is 1. The number of nitrogens with two attached hydrogens (primary N) is 1. The summed E-state index contributed by atoms with van der Waals surface area (Å²) in [7, 11) is 0. The van der Waals surface area contributed by atoms with E-state index >= 15 is 0 Å². The Morgan fingerprint density at radius 3 is 2.81 bits per heavy atom. The average molecular weight is 303 g/mol. The van der Waals surface area contributed by atoms with Gasteiger partial charge in [-0.3, -0.25) is 4.79 Å². The second-order valence-corrected chi connectivity index (χ2v) is 6.45. The first-order valence-electron chi connectivity index (χ1n) is 7.03. The van der Waals surface area contributed by atoms with Gasteiger partial charge in [0, 0.05) is 17.0 Å². The summed E-state index contributed by atoms with van der Waals surface area (Å²) >= 11 is 1.64. The van der Waals surface area contributed by atoms with Gasteiger partial charge in [0.15, 0.2) is 0 Å². The maximum atomic E-state index is 12.0. The van der Waals surface area contributed by atoms with Gasteiger partial charge in [0.2, 0.25) is 5.91 Å². The molecule has 0 aliphatic rings. The molecule has 2 rings (SSSR count). The summed E-state index contributed by atoms with van der Waals surface area (Å²) in [6.45, 7) is 5.96. The van der Waals surface area contributed by atoms with E-state index in [4.69, 9.17) is 5.73 Å². The zero-order valence-electron chi connectivity index (χ0n) is 12.6. The molecule has 2 aromatic rings. The summed E-state index contributed by atoms with van der Waals surface area (Å²) in [5, 5.41) is 4.07. The van der Waals surface area contributed by atoms with Crippen molar-refractivity contribution in [3.05, 3.63) is 45.4 Å². The first kappa shape index (κ1) is 15.5. The minimum Gasteiger partial charge on any atom is -0.399 e. The Balaban J connectivity index is 1.88. The van der Waals surface area contributed by atoms with Crippen LogP contribution in [0.15, 0.2) is 24.3 Å². The second-order valence-electron chi connectivity index (χ2n) is 5.22. The summed E-state index contributed by atoms with van der Waals surface area (Å²) in [5.41, 5.74) is 8.55. The molecule has 0 fully saturated rings. The van der Waals surface area contributed by atoms with Gasteiger partial charge in [0.05, 0.1) is 16.7 Å². The molecule has 0 radical (unpaired) electrons. The fourth-order valence-electron chi connectivity index (χ4n) is 2.33. The fourth-order valence-corrected chi connectivity index (χ4v) is 3.26. The topological polar surface area (TPSA) is 68.0 Å². The van der Waals surface area contributed by atoms with Crippen molar-refractivity contribution in [2.24, 2.45) is 0 Å². The van der Waals surface area contributed by atoms with Crippen LogP contribution < -0.4 is 11.1 Å². The van der Waals surface area contributed by atoms with E-state index in [-0.39, 0.29) is 11.9 Å². The van der Waals surface area contributed by atoms with Gasteiger partial charge in [0.1, 0.15) is 0 Å². The molecule has 0 saturated carbocycles. The summed E-state index contributed by atoms with van der Waals surface area (Å²) in [6, 6.07) is 7.66. The van der Waals surface area contributed by atoms with Crippen LogP contribution in [-0.4, -0.2) is 10.9 Å². The molecule has 1 aromatic heterocycles. The summed E-state index contributed by atoms with van der Waals surface area (Å²) in [5.74, 6) is 0.0513. The van der Waals surface area contributed by atoms with E-state index in [1.165, 1.54) is 0 Å². The molecule has 1 aromatic carbocycles. The van der Waals surface area contributed by atoms with Crippen LogP contribution in [0.4, 0.5) is 5.69 Å². The van der Waals surface area contributed by atoms with Gasteiger partial charge in [-0.05, 0) is 44.9 Å². The van der Waals surface area contributed by atoms with Gasteiger partial charge in [-0.25, -0.2) is 4.98 Å². The highest BCUT2D eigenvalue weighted by Gasteiger charge is 2.15. The lowest BCUT2D eigenvalue weighted by molar-refractivity contribution is -0.121. The average Bonchev–Trinajstić information content (AvgIpc) is 2.75. The third-order valence-corrected chi connectivity index (χ3v) is 4.56. The van der Waals surface area contributed by atoms with E-state index in [0.29, 0.717) is 12.8 Å². The Morgan fingerprint density at radius 1 is 1.43 bits per heavy atom. The Bertz CT molecular complexity index is 636. The Morgan fingerprint density at radius 2 is 2.19 bits per heavy atom. The van der Waals surface area contributed by atoms with Crippen LogP contribution in [0, 0.1) is 13.8 Å². The molecule has 0 saturated heterocycles. The number of carbonyl (C=O) groups excluding carboxylic acids is 1. The molecule has 1 heterocycles. The van der Waals surface area contributed by atoms with Crippen molar-refractivity contribution >= 4 is 22.9 Å². The molecule has 4 nitrogen and oxygen atoms in total. The summed E-state index contributed by atoms with van der Waals surface area (Å²) < 4.78 is 0. The standard InChI is InChI=1S/C16H21N3OS/c1-10-16(21-12(3)18-10)11(2)19-15(20)8-7-13-5-4-6-14(17)9-13/h4-6,9,11H,7-8,17H2,1-3H3,(H,19,20). The first-order chi connectivity index (χ1) is 9.95. The van der Waals surface area contributed by atoms with Crippen LogP contribution in [0.1, 0.15) is 40.5 Å². The summed E-state index contributed by atoms with van der Waals surface area (Å²) in [4.78, 5) is 17.6. The third-order valence-electron chi connectivity index (χ3n) is 3.30. The maximum Gasteiger partial charge on any atom is 0.220 e. The van der Waals surface area contributed by atoms with E-state index in [1.807, 2.05) is 45.0 Å². The van der Waals surface area contributed by atoms with Crippen molar-refractivity contribution in [2.45, 2.75) is 39.7 Å². The molecule has 1 unspecified atom stereocenters. The lowest BCUT2D eigenvalue weighted by Crippen LogP contribution is -2.26. The van der Waals surface area contributed by atoms with Crippen molar-refractivity contribution in [3.63, 3.8) is 0 Å². The molecule has 0 spiro atoms. The number of nitrogens with zero attached hydrogens (tertiary/aromatic N) is 1. The lowest BCUT2D eigenvalue weighted by Gasteiger charge is -2.13. The Kier molecular flexibility index (Phi) is 4.96. The highest BCUT2D eigenvalue weighted by Crippen LogP contribution is 2.24. The highest BCUT2D eigenvalue weighted by atomic mass is 32.1. The minimum atomic E-state index is 0.00421. The van der Waals surface area contributed by atoms with Crippen LogP contribution in [-0.2, 0) is 11.2 Å². The first-order valence-corrected chi connectivity index (χ1v) is 7.85. The molecule has 5 heteroatoms. The molecule has 0 aliphatic carbocycles. The number of thiazole rings is 1. The van der Waals surface area contributed by atoms with E-state index < -0.39 is 0 Å². The van der Waals surface area contributed by atoms with E-state index in [2.05, 4.69) is 10.3 Å². The van der Waals surface area contributed by atoms with Crippen molar-refractivity contribution in [1.29, 1.82) is 0 Å². The predicted molar refractivity (Wildman–Crippen MR) is 87.3 cm³/mol. The maximum absolute atomic E-state index is 12.0. The van der Waals surface area contributed by atoms with E-state index in [0.717, 1.165) is 26.8 Å². The summed E-state index contributed by atoms with van der Waals surface area (Å²) in [6.07, 6.45) is 1.16.